The molecule has 0 radical (unpaired) electrons. The second kappa shape index (κ2) is 6.26. The van der Waals surface area contributed by atoms with Crippen LogP contribution in [0.2, 0.25) is 15.5 Å². The molecular formula is C11H7BrCl3N3O2S. The number of halogens is 4. The van der Waals surface area contributed by atoms with Crippen molar-refractivity contribution in [3.05, 3.63) is 43.8 Å². The molecule has 1 N–H and O–H groups in total. The summed E-state index contributed by atoms with van der Waals surface area (Å²) in [5.41, 5.74) is 0.666. The molecule has 0 fully saturated rings. The van der Waals surface area contributed by atoms with E-state index in [0.29, 0.717) is 10.0 Å². The highest BCUT2D eigenvalue weighted by Crippen LogP contribution is 2.30. The van der Waals surface area contributed by atoms with Gasteiger partial charge in [-0.2, -0.15) is 0 Å². The summed E-state index contributed by atoms with van der Waals surface area (Å²) in [6, 6.07) is 2.83. The SMILES string of the molecule is Cc1cc(Cl)nc(Cl)c1NS(=O)(=O)c1cc(Br)cnc1Cl. The van der Waals surface area contributed by atoms with E-state index in [-0.39, 0.29) is 26.0 Å². The summed E-state index contributed by atoms with van der Waals surface area (Å²) in [6.07, 6.45) is 1.39. The fourth-order valence-corrected chi connectivity index (χ4v) is 4.22. The summed E-state index contributed by atoms with van der Waals surface area (Å²) in [4.78, 5) is 7.40. The van der Waals surface area contributed by atoms with E-state index in [9.17, 15) is 8.42 Å². The lowest BCUT2D eigenvalue weighted by molar-refractivity contribution is 0.600. The standard InChI is InChI=1S/C11H7BrCl3N3O2S/c1-5-2-8(13)17-11(15)9(5)18-21(19,20)7-3-6(12)4-16-10(7)14/h2-4,18H,1H3. The lowest BCUT2D eigenvalue weighted by atomic mass is 10.3. The van der Waals surface area contributed by atoms with Crippen molar-refractivity contribution >= 4 is 66.4 Å². The van der Waals surface area contributed by atoms with Crippen molar-refractivity contribution in [3.8, 4) is 0 Å². The summed E-state index contributed by atoms with van der Waals surface area (Å²) < 4.78 is 27.6. The monoisotopic (exact) mass is 429 g/mol. The van der Waals surface area contributed by atoms with Gasteiger partial charge in [-0.3, -0.25) is 4.72 Å². The predicted octanol–water partition coefficient (Wildman–Crippen LogP) is 4.31. The molecule has 0 unspecified atom stereocenters. The quantitative estimate of drug-likeness (QED) is 0.735. The molecule has 0 saturated heterocycles. The third-order valence-corrected chi connectivity index (χ3v) is 5.12. The Morgan fingerprint density at radius 1 is 1.19 bits per heavy atom. The number of hydrogen-bond donors (Lipinski definition) is 1. The van der Waals surface area contributed by atoms with Gasteiger partial charge in [-0.1, -0.05) is 34.8 Å². The molecule has 10 heteroatoms. The Hall–Kier alpha value is -0.600. The minimum absolute atomic E-state index is 0.0531. The molecule has 0 amide bonds. The zero-order valence-corrected chi connectivity index (χ0v) is 15.0. The van der Waals surface area contributed by atoms with Crippen LogP contribution in [-0.4, -0.2) is 18.4 Å². The second-order valence-corrected chi connectivity index (χ2v) is 7.65. The van der Waals surface area contributed by atoms with Gasteiger partial charge in [0.25, 0.3) is 10.0 Å². The van der Waals surface area contributed by atoms with Crippen molar-refractivity contribution in [1.29, 1.82) is 0 Å². The highest BCUT2D eigenvalue weighted by molar-refractivity contribution is 9.10. The summed E-state index contributed by atoms with van der Waals surface area (Å²) >= 11 is 20.6. The van der Waals surface area contributed by atoms with Crippen LogP contribution in [0.4, 0.5) is 5.69 Å². The first-order valence-electron chi connectivity index (χ1n) is 5.37. The van der Waals surface area contributed by atoms with Gasteiger partial charge >= 0.3 is 0 Å². The molecule has 0 spiro atoms. The van der Waals surface area contributed by atoms with E-state index in [2.05, 4.69) is 30.6 Å². The lowest BCUT2D eigenvalue weighted by Crippen LogP contribution is -2.15. The topological polar surface area (TPSA) is 72.0 Å². The van der Waals surface area contributed by atoms with Crippen LogP contribution in [0.5, 0.6) is 0 Å². The normalized spacial score (nSPS) is 11.5. The van der Waals surface area contributed by atoms with Gasteiger partial charge in [0.1, 0.15) is 15.2 Å². The Kier molecular flexibility index (Phi) is 4.99. The number of pyridine rings is 2. The van der Waals surface area contributed by atoms with Crippen molar-refractivity contribution in [1.82, 2.24) is 9.97 Å². The number of aromatic nitrogens is 2. The van der Waals surface area contributed by atoms with Gasteiger partial charge < -0.3 is 0 Å². The number of hydrogen-bond acceptors (Lipinski definition) is 4. The number of aryl methyl sites for hydroxylation is 1. The largest absolute Gasteiger partial charge is 0.276 e. The van der Waals surface area contributed by atoms with Gasteiger partial charge in [0.2, 0.25) is 0 Å². The molecule has 0 atom stereocenters. The van der Waals surface area contributed by atoms with E-state index in [1.807, 2.05) is 0 Å². The van der Waals surface area contributed by atoms with E-state index >= 15 is 0 Å². The highest BCUT2D eigenvalue weighted by Gasteiger charge is 2.22. The average Bonchev–Trinajstić information content (AvgIpc) is 2.36. The van der Waals surface area contributed by atoms with Gasteiger partial charge in [0, 0.05) is 10.7 Å². The molecular weight excluding hydrogens is 424 g/mol. The van der Waals surface area contributed by atoms with Crippen LogP contribution in [-0.2, 0) is 10.0 Å². The molecule has 0 aliphatic rings. The van der Waals surface area contributed by atoms with Crippen molar-refractivity contribution in [2.24, 2.45) is 0 Å². The summed E-state index contributed by atoms with van der Waals surface area (Å²) in [6.45, 7) is 1.65. The zero-order valence-electron chi connectivity index (χ0n) is 10.4. The maximum absolute atomic E-state index is 12.4. The third kappa shape index (κ3) is 3.78. The van der Waals surface area contributed by atoms with Gasteiger partial charge in [0.15, 0.2) is 5.15 Å². The summed E-state index contributed by atoms with van der Waals surface area (Å²) in [7, 11) is -3.97. The van der Waals surface area contributed by atoms with Gasteiger partial charge in [0.05, 0.1) is 5.69 Å². The summed E-state index contributed by atoms with van der Waals surface area (Å²) in [5.74, 6) is 0. The van der Waals surface area contributed by atoms with Crippen LogP contribution in [0.15, 0.2) is 27.7 Å². The van der Waals surface area contributed by atoms with E-state index in [0.717, 1.165) is 0 Å². The Labute approximate surface area is 144 Å². The predicted molar refractivity (Wildman–Crippen MR) is 86.7 cm³/mol. The number of nitrogens with zero attached hydrogens (tertiary/aromatic N) is 2. The van der Waals surface area contributed by atoms with Crippen LogP contribution in [0.25, 0.3) is 0 Å². The third-order valence-electron chi connectivity index (χ3n) is 2.44. The van der Waals surface area contributed by atoms with Crippen LogP contribution in [0.3, 0.4) is 0 Å². The fraction of sp³-hybridized carbons (Fsp3) is 0.0909. The molecule has 0 aliphatic heterocycles. The van der Waals surface area contributed by atoms with E-state index < -0.39 is 10.0 Å². The Balaban J connectivity index is 2.50. The molecule has 2 aromatic heterocycles. The first kappa shape index (κ1) is 16.8. The highest BCUT2D eigenvalue weighted by atomic mass is 79.9. The van der Waals surface area contributed by atoms with E-state index in [1.165, 1.54) is 18.3 Å². The molecule has 2 rings (SSSR count). The molecule has 2 aromatic rings. The molecule has 0 aliphatic carbocycles. The van der Waals surface area contributed by atoms with Crippen LogP contribution in [0, 0.1) is 6.92 Å². The number of rotatable bonds is 3. The van der Waals surface area contributed by atoms with Crippen LogP contribution < -0.4 is 4.72 Å². The zero-order chi connectivity index (χ0) is 15.8. The maximum atomic E-state index is 12.4. The maximum Gasteiger partial charge on any atom is 0.265 e. The van der Waals surface area contributed by atoms with Crippen molar-refractivity contribution in [2.45, 2.75) is 11.8 Å². The molecule has 5 nitrogen and oxygen atoms in total. The first-order chi connectivity index (χ1) is 9.70. The van der Waals surface area contributed by atoms with Crippen LogP contribution in [0.1, 0.15) is 5.56 Å². The lowest BCUT2D eigenvalue weighted by Gasteiger charge is -2.12. The van der Waals surface area contributed by atoms with Crippen molar-refractivity contribution < 1.29 is 8.42 Å². The average molecular weight is 432 g/mol. The molecule has 0 bridgehead atoms. The molecule has 0 saturated carbocycles. The Bertz CT molecular complexity index is 791. The molecule has 21 heavy (non-hydrogen) atoms. The number of anilines is 1. The number of nitrogens with one attached hydrogen (secondary N) is 1. The minimum atomic E-state index is -3.97. The van der Waals surface area contributed by atoms with Crippen molar-refractivity contribution in [2.75, 3.05) is 4.72 Å². The summed E-state index contributed by atoms with van der Waals surface area (Å²) in [5, 5.41) is -0.0355. The van der Waals surface area contributed by atoms with Gasteiger partial charge in [-0.05, 0) is 40.5 Å². The molecule has 112 valence electrons. The smallest absolute Gasteiger partial charge is 0.265 e. The van der Waals surface area contributed by atoms with E-state index in [4.69, 9.17) is 34.8 Å². The first-order valence-corrected chi connectivity index (χ1v) is 8.78. The number of sulfonamides is 1. The van der Waals surface area contributed by atoms with Crippen LogP contribution >= 0.6 is 50.7 Å². The second-order valence-electron chi connectivity index (χ2n) is 3.98. The fourth-order valence-electron chi connectivity index (χ4n) is 1.50. The van der Waals surface area contributed by atoms with Crippen molar-refractivity contribution in [3.63, 3.8) is 0 Å². The van der Waals surface area contributed by atoms with E-state index in [1.54, 1.807) is 6.92 Å². The van der Waals surface area contributed by atoms with Gasteiger partial charge in [-0.25, -0.2) is 18.4 Å². The molecule has 0 aromatic carbocycles. The molecule has 2 heterocycles. The Morgan fingerprint density at radius 3 is 2.48 bits per heavy atom. The van der Waals surface area contributed by atoms with Gasteiger partial charge in [-0.15, -0.1) is 0 Å². The minimum Gasteiger partial charge on any atom is -0.276 e. The Morgan fingerprint density at radius 2 is 1.86 bits per heavy atom.